The van der Waals surface area contributed by atoms with Gasteiger partial charge in [-0.1, -0.05) is 13.8 Å². The lowest BCUT2D eigenvalue weighted by Crippen LogP contribution is -2.29. The van der Waals surface area contributed by atoms with Crippen molar-refractivity contribution in [2.75, 3.05) is 0 Å². The Labute approximate surface area is 121 Å². The monoisotopic (exact) mass is 270 g/mol. The number of hydrogen-bond donors (Lipinski definition) is 0. The van der Waals surface area contributed by atoms with E-state index in [-0.39, 0.29) is 6.10 Å². The van der Waals surface area contributed by atoms with E-state index in [2.05, 4.69) is 24.9 Å². The minimum Gasteiger partial charge on any atom is -0.473 e. The molecule has 2 atom stereocenters. The quantitative estimate of drug-likeness (QED) is 0.824. The highest BCUT2D eigenvalue weighted by Gasteiger charge is 2.27. The summed E-state index contributed by atoms with van der Waals surface area (Å²) in [5.74, 6) is 1.96. The second-order valence-electron chi connectivity index (χ2n) is 6.57. The first-order valence-electron chi connectivity index (χ1n) is 7.75. The van der Waals surface area contributed by atoms with Crippen molar-refractivity contribution in [1.82, 2.24) is 4.98 Å². The summed E-state index contributed by atoms with van der Waals surface area (Å²) in [7, 11) is 0. The Hall–Kier alpha value is -1.56. The van der Waals surface area contributed by atoms with Crippen LogP contribution < -0.4 is 4.74 Å². The zero-order chi connectivity index (χ0) is 14.1. The normalized spacial score (nSPS) is 28.8. The second kappa shape index (κ2) is 5.44. The van der Waals surface area contributed by atoms with Crippen molar-refractivity contribution in [3.05, 3.63) is 22.9 Å². The summed E-state index contributed by atoms with van der Waals surface area (Å²) in [4.78, 5) is 4.62. The zero-order valence-electron chi connectivity index (χ0n) is 12.4. The molecule has 2 unspecified atom stereocenters. The molecule has 0 radical (unpaired) electrons. The van der Waals surface area contributed by atoms with Crippen molar-refractivity contribution in [3.8, 4) is 11.9 Å². The van der Waals surface area contributed by atoms with Crippen LogP contribution in [0.25, 0.3) is 0 Å². The molecule has 0 aromatic carbocycles. The van der Waals surface area contributed by atoms with Crippen molar-refractivity contribution >= 4 is 0 Å². The molecule has 1 saturated carbocycles. The second-order valence-corrected chi connectivity index (χ2v) is 6.57. The lowest BCUT2D eigenvalue weighted by molar-refractivity contribution is 0.0962. The summed E-state index contributed by atoms with van der Waals surface area (Å²) in [6.45, 7) is 4.57. The summed E-state index contributed by atoms with van der Waals surface area (Å²) in [5.41, 5.74) is 2.98. The van der Waals surface area contributed by atoms with E-state index in [0.717, 1.165) is 37.8 Å². The molecule has 1 aromatic heterocycles. The van der Waals surface area contributed by atoms with E-state index in [0.29, 0.717) is 23.3 Å². The average molecular weight is 270 g/mol. The highest BCUT2D eigenvalue weighted by Crippen LogP contribution is 2.33. The molecule has 20 heavy (non-hydrogen) atoms. The standard InChI is InChI=1S/C17H22N2O/c1-11-6-12(2)8-15(7-11)20-17-14(10-18)9-13-4-3-5-16(13)19-17/h9,11-12,15H,3-8H2,1-2H3. The molecule has 0 saturated heterocycles. The van der Waals surface area contributed by atoms with E-state index < -0.39 is 0 Å². The molecule has 0 amide bonds. The molecule has 3 heteroatoms. The van der Waals surface area contributed by atoms with E-state index >= 15 is 0 Å². The molecule has 1 fully saturated rings. The topological polar surface area (TPSA) is 45.9 Å². The first-order chi connectivity index (χ1) is 9.65. The maximum absolute atomic E-state index is 9.31. The largest absolute Gasteiger partial charge is 0.473 e. The Kier molecular flexibility index (Phi) is 3.65. The van der Waals surface area contributed by atoms with Crippen LogP contribution in [0.4, 0.5) is 0 Å². The molecule has 0 spiro atoms. The van der Waals surface area contributed by atoms with Crippen molar-refractivity contribution in [2.45, 2.75) is 58.5 Å². The van der Waals surface area contributed by atoms with Crippen LogP contribution in [0.2, 0.25) is 0 Å². The van der Waals surface area contributed by atoms with Gasteiger partial charge in [-0.2, -0.15) is 5.26 Å². The Balaban J connectivity index is 1.82. The van der Waals surface area contributed by atoms with Gasteiger partial charge in [0, 0.05) is 5.69 Å². The fraction of sp³-hybridized carbons (Fsp3) is 0.647. The molecule has 0 N–H and O–H groups in total. The van der Waals surface area contributed by atoms with E-state index in [1.165, 1.54) is 12.0 Å². The number of nitrogens with zero attached hydrogens (tertiary/aromatic N) is 2. The van der Waals surface area contributed by atoms with Crippen LogP contribution in [-0.4, -0.2) is 11.1 Å². The van der Waals surface area contributed by atoms with Crippen LogP contribution in [0.1, 0.15) is 56.4 Å². The minimum absolute atomic E-state index is 0.216. The number of aromatic nitrogens is 1. The van der Waals surface area contributed by atoms with Gasteiger partial charge in [-0.3, -0.25) is 0 Å². The van der Waals surface area contributed by atoms with Gasteiger partial charge in [-0.15, -0.1) is 0 Å². The third-order valence-electron chi connectivity index (χ3n) is 4.55. The molecule has 0 bridgehead atoms. The predicted molar refractivity (Wildman–Crippen MR) is 77.6 cm³/mol. The van der Waals surface area contributed by atoms with Crippen LogP contribution in [0, 0.1) is 23.2 Å². The third-order valence-corrected chi connectivity index (χ3v) is 4.55. The summed E-state index contributed by atoms with van der Waals surface area (Å²) < 4.78 is 6.11. The van der Waals surface area contributed by atoms with Crippen molar-refractivity contribution in [3.63, 3.8) is 0 Å². The van der Waals surface area contributed by atoms with E-state index in [1.807, 2.05) is 6.07 Å². The molecular formula is C17H22N2O. The zero-order valence-corrected chi connectivity index (χ0v) is 12.4. The maximum atomic E-state index is 9.31. The fourth-order valence-electron chi connectivity index (χ4n) is 3.75. The van der Waals surface area contributed by atoms with E-state index in [4.69, 9.17) is 4.74 Å². The smallest absolute Gasteiger partial charge is 0.232 e. The number of pyridine rings is 1. The summed E-state index contributed by atoms with van der Waals surface area (Å²) >= 11 is 0. The van der Waals surface area contributed by atoms with Gasteiger partial charge in [-0.05, 0) is 62.0 Å². The third kappa shape index (κ3) is 2.65. The highest BCUT2D eigenvalue weighted by atomic mass is 16.5. The van der Waals surface area contributed by atoms with Crippen molar-refractivity contribution in [1.29, 1.82) is 5.26 Å². The predicted octanol–water partition coefficient (Wildman–Crippen LogP) is 3.65. The fourth-order valence-corrected chi connectivity index (χ4v) is 3.75. The summed E-state index contributed by atoms with van der Waals surface area (Å²) in [6, 6.07) is 4.24. The van der Waals surface area contributed by atoms with Crippen LogP contribution in [0.5, 0.6) is 5.88 Å². The van der Waals surface area contributed by atoms with Gasteiger partial charge in [0.25, 0.3) is 0 Å². The maximum Gasteiger partial charge on any atom is 0.232 e. The molecule has 1 aromatic rings. The van der Waals surface area contributed by atoms with Crippen LogP contribution in [0.3, 0.4) is 0 Å². The molecule has 1 heterocycles. The van der Waals surface area contributed by atoms with Gasteiger partial charge in [0.15, 0.2) is 0 Å². The lowest BCUT2D eigenvalue weighted by atomic mass is 9.82. The first-order valence-corrected chi connectivity index (χ1v) is 7.75. The Morgan fingerprint density at radius 3 is 2.65 bits per heavy atom. The SMILES string of the molecule is CC1CC(C)CC(Oc2nc3c(cc2C#N)CCC3)C1. The van der Waals surface area contributed by atoms with E-state index in [1.54, 1.807) is 0 Å². The van der Waals surface area contributed by atoms with Gasteiger partial charge in [0.1, 0.15) is 17.7 Å². The molecule has 3 nitrogen and oxygen atoms in total. The molecule has 2 aliphatic rings. The Morgan fingerprint density at radius 2 is 1.95 bits per heavy atom. The lowest BCUT2D eigenvalue weighted by Gasteiger charge is -2.31. The van der Waals surface area contributed by atoms with E-state index in [9.17, 15) is 5.26 Å². The molecule has 3 rings (SSSR count). The van der Waals surface area contributed by atoms with Gasteiger partial charge in [-0.25, -0.2) is 4.98 Å². The number of hydrogen-bond acceptors (Lipinski definition) is 3. The number of nitriles is 1. The van der Waals surface area contributed by atoms with Gasteiger partial charge >= 0.3 is 0 Å². The van der Waals surface area contributed by atoms with Crippen LogP contribution in [-0.2, 0) is 12.8 Å². The molecule has 0 aliphatic heterocycles. The van der Waals surface area contributed by atoms with Crippen molar-refractivity contribution < 1.29 is 4.74 Å². The first kappa shape index (κ1) is 13.4. The van der Waals surface area contributed by atoms with Gasteiger partial charge in [0.2, 0.25) is 5.88 Å². The Morgan fingerprint density at radius 1 is 1.20 bits per heavy atom. The minimum atomic E-state index is 0.216. The van der Waals surface area contributed by atoms with Gasteiger partial charge in [0.05, 0.1) is 0 Å². The number of fused-ring (bicyclic) bond motifs is 1. The summed E-state index contributed by atoms with van der Waals surface area (Å²) in [5, 5.41) is 9.31. The molecular weight excluding hydrogens is 248 g/mol. The van der Waals surface area contributed by atoms with Gasteiger partial charge < -0.3 is 4.74 Å². The molecule has 106 valence electrons. The van der Waals surface area contributed by atoms with Crippen LogP contribution >= 0.6 is 0 Å². The highest BCUT2D eigenvalue weighted by molar-refractivity contribution is 5.44. The molecule has 2 aliphatic carbocycles. The van der Waals surface area contributed by atoms with Crippen LogP contribution in [0.15, 0.2) is 6.07 Å². The summed E-state index contributed by atoms with van der Waals surface area (Å²) in [6.07, 6.45) is 6.87. The average Bonchev–Trinajstić information content (AvgIpc) is 2.83. The number of rotatable bonds is 2. The van der Waals surface area contributed by atoms with Crippen molar-refractivity contribution in [2.24, 2.45) is 11.8 Å². The number of aryl methyl sites for hydroxylation is 2. The Bertz CT molecular complexity index is 537. The number of ether oxygens (including phenoxy) is 1.